The summed E-state index contributed by atoms with van der Waals surface area (Å²) in [5.74, 6) is 1.53. The molecule has 20 heavy (non-hydrogen) atoms. The van der Waals surface area contributed by atoms with Gasteiger partial charge in [0, 0.05) is 6.07 Å². The van der Waals surface area contributed by atoms with Crippen molar-refractivity contribution < 1.29 is 14.6 Å². The van der Waals surface area contributed by atoms with E-state index >= 15 is 0 Å². The van der Waals surface area contributed by atoms with E-state index in [4.69, 9.17) is 9.47 Å². The Bertz CT molecular complexity index is 572. The van der Waals surface area contributed by atoms with Crippen LogP contribution in [0, 0.1) is 13.8 Å². The van der Waals surface area contributed by atoms with E-state index in [0.717, 1.165) is 39.3 Å². The molecule has 0 aliphatic carbocycles. The van der Waals surface area contributed by atoms with Crippen LogP contribution in [0.25, 0.3) is 11.1 Å². The average Bonchev–Trinajstić information content (AvgIpc) is 2.46. The number of rotatable bonds is 4. The van der Waals surface area contributed by atoms with Crippen LogP contribution >= 0.6 is 0 Å². The van der Waals surface area contributed by atoms with E-state index in [1.165, 1.54) is 0 Å². The van der Waals surface area contributed by atoms with Crippen molar-refractivity contribution in [1.29, 1.82) is 0 Å². The van der Waals surface area contributed by atoms with Crippen LogP contribution in [-0.2, 0) is 6.61 Å². The summed E-state index contributed by atoms with van der Waals surface area (Å²) in [6.45, 7) is 4.10. The summed E-state index contributed by atoms with van der Waals surface area (Å²) in [6, 6.07) is 9.97. The third-order valence-electron chi connectivity index (χ3n) is 3.54. The van der Waals surface area contributed by atoms with Crippen molar-refractivity contribution in [1.82, 2.24) is 0 Å². The fourth-order valence-corrected chi connectivity index (χ4v) is 2.38. The Hall–Kier alpha value is -2.00. The van der Waals surface area contributed by atoms with E-state index < -0.39 is 0 Å². The van der Waals surface area contributed by atoms with E-state index in [1.807, 2.05) is 32.0 Å². The van der Waals surface area contributed by atoms with Gasteiger partial charge in [0.25, 0.3) is 0 Å². The lowest BCUT2D eigenvalue weighted by molar-refractivity contribution is 0.280. The Morgan fingerprint density at radius 1 is 0.800 bits per heavy atom. The molecule has 106 valence electrons. The molecule has 3 nitrogen and oxygen atoms in total. The third kappa shape index (κ3) is 2.78. The molecule has 0 spiro atoms. The normalized spacial score (nSPS) is 10.4. The number of aryl methyl sites for hydroxylation is 2. The van der Waals surface area contributed by atoms with Crippen LogP contribution < -0.4 is 9.47 Å². The summed E-state index contributed by atoms with van der Waals surface area (Å²) >= 11 is 0. The van der Waals surface area contributed by atoms with Gasteiger partial charge >= 0.3 is 0 Å². The highest BCUT2D eigenvalue weighted by Crippen LogP contribution is 2.31. The summed E-state index contributed by atoms with van der Waals surface area (Å²) in [7, 11) is 3.29. The minimum Gasteiger partial charge on any atom is -0.497 e. The third-order valence-corrected chi connectivity index (χ3v) is 3.54. The van der Waals surface area contributed by atoms with E-state index in [0.29, 0.717) is 0 Å². The van der Waals surface area contributed by atoms with Crippen LogP contribution in [0.4, 0.5) is 0 Å². The van der Waals surface area contributed by atoms with Crippen LogP contribution in [0.2, 0.25) is 0 Å². The van der Waals surface area contributed by atoms with Gasteiger partial charge in [0.05, 0.1) is 20.8 Å². The molecule has 3 heteroatoms. The molecule has 0 saturated carbocycles. The van der Waals surface area contributed by atoms with Crippen molar-refractivity contribution in [2.45, 2.75) is 20.5 Å². The van der Waals surface area contributed by atoms with Crippen molar-refractivity contribution in [3.63, 3.8) is 0 Å². The summed E-state index contributed by atoms with van der Waals surface area (Å²) in [5, 5.41) is 9.39. The van der Waals surface area contributed by atoms with Crippen LogP contribution in [0.1, 0.15) is 16.7 Å². The summed E-state index contributed by atoms with van der Waals surface area (Å²) < 4.78 is 10.6. The number of hydrogen-bond donors (Lipinski definition) is 1. The first-order valence-electron chi connectivity index (χ1n) is 6.53. The highest BCUT2D eigenvalue weighted by atomic mass is 16.5. The van der Waals surface area contributed by atoms with Gasteiger partial charge in [0.15, 0.2) is 0 Å². The van der Waals surface area contributed by atoms with Gasteiger partial charge < -0.3 is 14.6 Å². The Morgan fingerprint density at radius 2 is 1.25 bits per heavy atom. The molecular formula is C17H20O3. The predicted octanol–water partition coefficient (Wildman–Crippen LogP) is 3.48. The lowest BCUT2D eigenvalue weighted by Crippen LogP contribution is -1.95. The van der Waals surface area contributed by atoms with Crippen LogP contribution in [0.15, 0.2) is 30.3 Å². The molecule has 2 aromatic carbocycles. The molecule has 0 amide bonds. The fraction of sp³-hybridized carbons (Fsp3) is 0.294. The predicted molar refractivity (Wildman–Crippen MR) is 80.4 cm³/mol. The Morgan fingerprint density at radius 3 is 1.65 bits per heavy atom. The second-order valence-electron chi connectivity index (χ2n) is 4.85. The van der Waals surface area contributed by atoms with Crippen molar-refractivity contribution in [2.75, 3.05) is 14.2 Å². The molecule has 2 rings (SSSR count). The number of aliphatic hydroxyl groups excluding tert-OH is 1. The second-order valence-corrected chi connectivity index (χ2v) is 4.85. The number of benzene rings is 2. The largest absolute Gasteiger partial charge is 0.497 e. The van der Waals surface area contributed by atoms with Crippen LogP contribution in [0.3, 0.4) is 0 Å². The maximum Gasteiger partial charge on any atom is 0.123 e. The maximum atomic E-state index is 9.39. The quantitative estimate of drug-likeness (QED) is 0.926. The minimum absolute atomic E-state index is 0.0688. The molecule has 0 atom stereocenters. The van der Waals surface area contributed by atoms with Gasteiger partial charge in [-0.3, -0.25) is 0 Å². The van der Waals surface area contributed by atoms with Gasteiger partial charge in [0.1, 0.15) is 11.5 Å². The Balaban J connectivity index is 2.56. The molecule has 0 bridgehead atoms. The summed E-state index contributed by atoms with van der Waals surface area (Å²) in [6.07, 6.45) is 0. The second kappa shape index (κ2) is 5.97. The molecule has 0 aliphatic rings. The zero-order valence-electron chi connectivity index (χ0n) is 12.4. The fourth-order valence-electron chi connectivity index (χ4n) is 2.38. The highest BCUT2D eigenvalue weighted by molar-refractivity contribution is 5.69. The smallest absolute Gasteiger partial charge is 0.123 e. The first kappa shape index (κ1) is 14.4. The summed E-state index contributed by atoms with van der Waals surface area (Å²) in [5.41, 5.74) is 5.29. The van der Waals surface area contributed by atoms with Gasteiger partial charge in [-0.2, -0.15) is 0 Å². The number of hydrogen-bond acceptors (Lipinski definition) is 3. The maximum absolute atomic E-state index is 9.39. The van der Waals surface area contributed by atoms with E-state index in [2.05, 4.69) is 12.1 Å². The molecule has 0 fully saturated rings. The lowest BCUT2D eigenvalue weighted by Gasteiger charge is -2.13. The van der Waals surface area contributed by atoms with E-state index in [1.54, 1.807) is 14.2 Å². The van der Waals surface area contributed by atoms with Crippen LogP contribution in [0.5, 0.6) is 11.5 Å². The number of ether oxygens (including phenoxy) is 2. The number of methoxy groups -OCH3 is 2. The average molecular weight is 272 g/mol. The van der Waals surface area contributed by atoms with Crippen molar-refractivity contribution in [3.8, 4) is 22.6 Å². The Kier molecular flexibility index (Phi) is 4.30. The molecule has 1 N–H and O–H groups in total. The molecule has 0 saturated heterocycles. The number of aliphatic hydroxyl groups is 1. The molecule has 0 heterocycles. The Labute approximate surface area is 119 Å². The van der Waals surface area contributed by atoms with E-state index in [-0.39, 0.29) is 6.61 Å². The molecule has 2 aromatic rings. The van der Waals surface area contributed by atoms with Gasteiger partial charge in [0.2, 0.25) is 0 Å². The van der Waals surface area contributed by atoms with Gasteiger partial charge in [-0.15, -0.1) is 0 Å². The van der Waals surface area contributed by atoms with Crippen molar-refractivity contribution >= 4 is 0 Å². The van der Waals surface area contributed by atoms with E-state index in [9.17, 15) is 5.11 Å². The monoisotopic (exact) mass is 272 g/mol. The molecule has 0 aliphatic heterocycles. The first-order chi connectivity index (χ1) is 9.58. The van der Waals surface area contributed by atoms with Crippen molar-refractivity contribution in [2.24, 2.45) is 0 Å². The summed E-state index contributed by atoms with van der Waals surface area (Å²) in [4.78, 5) is 0. The first-order valence-corrected chi connectivity index (χ1v) is 6.53. The van der Waals surface area contributed by atoms with Gasteiger partial charge in [-0.25, -0.2) is 0 Å². The van der Waals surface area contributed by atoms with Crippen LogP contribution in [-0.4, -0.2) is 19.3 Å². The van der Waals surface area contributed by atoms with Gasteiger partial charge in [-0.1, -0.05) is 12.1 Å². The zero-order valence-corrected chi connectivity index (χ0v) is 12.4. The minimum atomic E-state index is 0.0688. The molecule has 0 unspecified atom stereocenters. The zero-order chi connectivity index (χ0) is 14.7. The lowest BCUT2D eigenvalue weighted by atomic mass is 9.96. The highest BCUT2D eigenvalue weighted by Gasteiger charge is 2.08. The topological polar surface area (TPSA) is 38.7 Å². The standard InChI is InChI=1S/C17H20O3/c1-11-5-13(6-12(2)17(11)10-18)14-7-15(19-3)9-16(8-14)20-4/h5-9,18H,10H2,1-4H3. The van der Waals surface area contributed by atoms with Crippen molar-refractivity contribution in [3.05, 3.63) is 47.0 Å². The molecule has 0 aromatic heterocycles. The SMILES string of the molecule is COc1cc(OC)cc(-c2cc(C)c(CO)c(C)c2)c1. The molecule has 0 radical (unpaired) electrons. The van der Waals surface area contributed by atoms with Gasteiger partial charge in [-0.05, 0) is 53.8 Å². The molecular weight excluding hydrogens is 252 g/mol.